The number of nitrogens with zero attached hydrogens (tertiary/aromatic N) is 1. The Balaban J connectivity index is 2.10. The van der Waals surface area contributed by atoms with Crippen LogP contribution in [0.2, 0.25) is 5.02 Å². The Morgan fingerprint density at radius 1 is 1.22 bits per heavy atom. The van der Waals surface area contributed by atoms with Gasteiger partial charge < -0.3 is 10.2 Å². The normalized spacial score (nSPS) is 15.9. The highest BCUT2D eigenvalue weighted by Gasteiger charge is 2.52. The van der Waals surface area contributed by atoms with Gasteiger partial charge in [0.1, 0.15) is 0 Å². The van der Waals surface area contributed by atoms with Gasteiger partial charge in [-0.3, -0.25) is 9.59 Å². The molecule has 1 aromatic rings. The Hall–Kier alpha value is -1.55. The van der Waals surface area contributed by atoms with Crippen LogP contribution in [0.3, 0.4) is 0 Å². The Labute approximate surface area is 143 Å². The lowest BCUT2D eigenvalue weighted by Crippen LogP contribution is -2.49. The fraction of sp³-hybridized carbons (Fsp3) is 0.556. The van der Waals surface area contributed by atoms with Gasteiger partial charge in [0.2, 0.25) is 11.8 Å². The van der Waals surface area contributed by atoms with Gasteiger partial charge in [0.05, 0.1) is 12.0 Å². The minimum atomic E-state index is -0.470. The Morgan fingerprint density at radius 3 is 2.22 bits per heavy atom. The smallest absolute Gasteiger partial charge is 0.240 e. The molecule has 0 radical (unpaired) electrons. The fourth-order valence-electron chi connectivity index (χ4n) is 2.78. The van der Waals surface area contributed by atoms with Gasteiger partial charge in [-0.15, -0.1) is 0 Å². The molecular weight excluding hydrogens is 312 g/mol. The molecule has 2 amide bonds. The van der Waals surface area contributed by atoms with Crippen molar-refractivity contribution in [3.05, 3.63) is 34.9 Å². The number of amides is 2. The molecule has 0 saturated heterocycles. The predicted molar refractivity (Wildman–Crippen MR) is 92.5 cm³/mol. The SMILES string of the molecule is CCN(CC(=O)NC(C)(C)C)C(=O)C1(c2ccc(Cl)cc2)CC1. The van der Waals surface area contributed by atoms with E-state index in [4.69, 9.17) is 11.6 Å². The maximum Gasteiger partial charge on any atom is 0.240 e. The van der Waals surface area contributed by atoms with Gasteiger partial charge in [-0.2, -0.15) is 0 Å². The summed E-state index contributed by atoms with van der Waals surface area (Å²) in [7, 11) is 0. The number of carbonyl (C=O) groups is 2. The minimum absolute atomic E-state index is 0.0337. The van der Waals surface area contributed by atoms with E-state index in [1.807, 2.05) is 52.0 Å². The fourth-order valence-corrected chi connectivity index (χ4v) is 2.91. The number of nitrogens with one attached hydrogen (secondary N) is 1. The zero-order valence-electron chi connectivity index (χ0n) is 14.3. The number of hydrogen-bond donors (Lipinski definition) is 1. The summed E-state index contributed by atoms with van der Waals surface area (Å²) in [5.74, 6) is -0.0917. The largest absolute Gasteiger partial charge is 0.350 e. The van der Waals surface area contributed by atoms with E-state index in [-0.39, 0.29) is 23.9 Å². The number of carbonyl (C=O) groups excluding carboxylic acids is 2. The molecule has 0 heterocycles. The minimum Gasteiger partial charge on any atom is -0.350 e. The highest BCUT2D eigenvalue weighted by atomic mass is 35.5. The molecule has 0 aliphatic heterocycles. The van der Waals surface area contributed by atoms with Crippen molar-refractivity contribution >= 4 is 23.4 Å². The lowest BCUT2D eigenvalue weighted by molar-refractivity contribution is -0.138. The van der Waals surface area contributed by atoms with E-state index in [9.17, 15) is 9.59 Å². The third-order valence-corrected chi connectivity index (χ3v) is 4.33. The van der Waals surface area contributed by atoms with Crippen molar-refractivity contribution in [3.63, 3.8) is 0 Å². The van der Waals surface area contributed by atoms with Crippen LogP contribution in [0.25, 0.3) is 0 Å². The number of rotatable bonds is 5. The van der Waals surface area contributed by atoms with Crippen molar-refractivity contribution in [2.45, 2.75) is 51.5 Å². The van der Waals surface area contributed by atoms with Gasteiger partial charge in [0, 0.05) is 17.1 Å². The quantitative estimate of drug-likeness (QED) is 0.898. The molecule has 1 aliphatic carbocycles. The molecule has 1 N–H and O–H groups in total. The van der Waals surface area contributed by atoms with Crippen LogP contribution in [0.4, 0.5) is 0 Å². The van der Waals surface area contributed by atoms with Crippen LogP contribution >= 0.6 is 11.6 Å². The highest BCUT2D eigenvalue weighted by Crippen LogP contribution is 2.49. The lowest BCUT2D eigenvalue weighted by Gasteiger charge is -2.28. The first kappa shape index (κ1) is 17.8. The first-order valence-corrected chi connectivity index (χ1v) is 8.42. The summed E-state index contributed by atoms with van der Waals surface area (Å²) in [4.78, 5) is 26.7. The molecule has 0 aromatic heterocycles. The standard InChI is InChI=1S/C18H25ClN2O2/c1-5-21(12-15(22)20-17(2,3)4)16(23)18(10-11-18)13-6-8-14(19)9-7-13/h6-9H,5,10-12H2,1-4H3,(H,20,22). The Morgan fingerprint density at radius 2 is 1.78 bits per heavy atom. The summed E-state index contributed by atoms with van der Waals surface area (Å²) in [6.07, 6.45) is 1.65. The number of likely N-dealkylation sites (N-methyl/N-ethyl adjacent to an activating group) is 1. The third kappa shape index (κ3) is 4.25. The monoisotopic (exact) mass is 336 g/mol. The molecule has 126 valence electrons. The molecule has 4 nitrogen and oxygen atoms in total. The maximum atomic E-state index is 13.0. The van der Waals surface area contributed by atoms with Crippen LogP contribution < -0.4 is 5.32 Å². The summed E-state index contributed by atoms with van der Waals surface area (Å²) in [5, 5.41) is 3.57. The molecule has 1 aromatic carbocycles. The van der Waals surface area contributed by atoms with Crippen molar-refractivity contribution in [2.24, 2.45) is 0 Å². The van der Waals surface area contributed by atoms with E-state index < -0.39 is 5.41 Å². The Kier molecular flexibility index (Phi) is 5.04. The summed E-state index contributed by atoms with van der Waals surface area (Å²) in [6.45, 7) is 8.31. The molecule has 23 heavy (non-hydrogen) atoms. The molecular formula is C18H25ClN2O2. The second-order valence-corrected chi connectivity index (χ2v) is 7.64. The van der Waals surface area contributed by atoms with Crippen LogP contribution in [-0.2, 0) is 15.0 Å². The molecule has 0 bridgehead atoms. The highest BCUT2D eigenvalue weighted by molar-refractivity contribution is 6.30. The second-order valence-electron chi connectivity index (χ2n) is 7.21. The van der Waals surface area contributed by atoms with Crippen molar-refractivity contribution in [1.82, 2.24) is 10.2 Å². The summed E-state index contributed by atoms with van der Waals surface area (Å²) in [6, 6.07) is 7.45. The lowest BCUT2D eigenvalue weighted by atomic mass is 9.94. The zero-order chi connectivity index (χ0) is 17.3. The molecule has 2 rings (SSSR count). The maximum absolute atomic E-state index is 13.0. The Bertz CT molecular complexity index is 586. The van der Waals surface area contributed by atoms with Crippen molar-refractivity contribution in [2.75, 3.05) is 13.1 Å². The molecule has 0 unspecified atom stereocenters. The van der Waals surface area contributed by atoms with Crippen LogP contribution in [0, 0.1) is 0 Å². The van der Waals surface area contributed by atoms with Crippen LogP contribution in [0.5, 0.6) is 0 Å². The van der Waals surface area contributed by atoms with E-state index in [1.165, 1.54) is 0 Å². The van der Waals surface area contributed by atoms with Gasteiger partial charge in [-0.05, 0) is 58.2 Å². The average Bonchev–Trinajstić information content (AvgIpc) is 3.24. The topological polar surface area (TPSA) is 49.4 Å². The first-order chi connectivity index (χ1) is 10.7. The van der Waals surface area contributed by atoms with E-state index >= 15 is 0 Å². The zero-order valence-corrected chi connectivity index (χ0v) is 15.0. The molecule has 0 atom stereocenters. The van der Waals surface area contributed by atoms with Crippen LogP contribution in [-0.4, -0.2) is 35.3 Å². The van der Waals surface area contributed by atoms with E-state index in [0.29, 0.717) is 11.6 Å². The second kappa shape index (κ2) is 6.52. The van der Waals surface area contributed by atoms with Crippen LogP contribution in [0.1, 0.15) is 46.1 Å². The predicted octanol–water partition coefficient (Wildman–Crippen LogP) is 3.13. The van der Waals surface area contributed by atoms with E-state index in [1.54, 1.807) is 4.90 Å². The van der Waals surface area contributed by atoms with E-state index in [0.717, 1.165) is 18.4 Å². The first-order valence-electron chi connectivity index (χ1n) is 8.04. The summed E-state index contributed by atoms with van der Waals surface area (Å²) >= 11 is 5.93. The van der Waals surface area contributed by atoms with Crippen molar-refractivity contribution in [3.8, 4) is 0 Å². The molecule has 5 heteroatoms. The average molecular weight is 337 g/mol. The summed E-state index contributed by atoms with van der Waals surface area (Å²) in [5.41, 5.74) is 0.219. The molecule has 1 fully saturated rings. The van der Waals surface area contributed by atoms with Gasteiger partial charge in [0.25, 0.3) is 0 Å². The number of hydrogen-bond acceptors (Lipinski definition) is 2. The number of benzene rings is 1. The molecule has 1 saturated carbocycles. The van der Waals surface area contributed by atoms with Crippen molar-refractivity contribution < 1.29 is 9.59 Å². The number of halogens is 1. The van der Waals surface area contributed by atoms with E-state index in [2.05, 4.69) is 5.32 Å². The van der Waals surface area contributed by atoms with Crippen molar-refractivity contribution in [1.29, 1.82) is 0 Å². The van der Waals surface area contributed by atoms with Gasteiger partial charge in [0.15, 0.2) is 0 Å². The van der Waals surface area contributed by atoms with Gasteiger partial charge in [-0.1, -0.05) is 23.7 Å². The van der Waals surface area contributed by atoms with Crippen LogP contribution in [0.15, 0.2) is 24.3 Å². The van der Waals surface area contributed by atoms with Gasteiger partial charge in [-0.25, -0.2) is 0 Å². The molecule has 0 spiro atoms. The molecule has 1 aliphatic rings. The van der Waals surface area contributed by atoms with Gasteiger partial charge >= 0.3 is 0 Å². The third-order valence-electron chi connectivity index (χ3n) is 4.07. The summed E-state index contributed by atoms with van der Waals surface area (Å²) < 4.78 is 0.